The van der Waals surface area contributed by atoms with Gasteiger partial charge in [0.15, 0.2) is 0 Å². The molecule has 4 heteroatoms. The maximum Gasteiger partial charge on any atom is 0.226 e. The molecule has 0 aromatic heterocycles. The lowest BCUT2D eigenvalue weighted by Gasteiger charge is -2.26. The van der Waals surface area contributed by atoms with E-state index in [0.717, 1.165) is 0 Å². The SMILES string of the molecule is O=C(CCOc1[c]cccc1)N1CCOCC1. The highest BCUT2D eigenvalue weighted by atomic mass is 16.5. The molecule has 1 aliphatic rings. The summed E-state index contributed by atoms with van der Waals surface area (Å²) in [4.78, 5) is 13.6. The number of para-hydroxylation sites is 1. The molecule has 91 valence electrons. The second-order valence-corrected chi connectivity index (χ2v) is 3.82. The van der Waals surface area contributed by atoms with Crippen LogP contribution in [0.1, 0.15) is 6.42 Å². The number of carbonyl (C=O) groups is 1. The zero-order chi connectivity index (χ0) is 11.9. The summed E-state index contributed by atoms with van der Waals surface area (Å²) in [6.07, 6.45) is 0.405. The van der Waals surface area contributed by atoms with Gasteiger partial charge >= 0.3 is 0 Å². The highest BCUT2D eigenvalue weighted by Gasteiger charge is 2.16. The van der Waals surface area contributed by atoms with Crippen molar-refractivity contribution in [3.8, 4) is 5.75 Å². The molecule has 1 heterocycles. The van der Waals surface area contributed by atoms with Crippen molar-refractivity contribution in [2.75, 3.05) is 32.9 Å². The fraction of sp³-hybridized carbons (Fsp3) is 0.462. The molecule has 0 saturated carbocycles. The van der Waals surface area contributed by atoms with Crippen molar-refractivity contribution in [3.63, 3.8) is 0 Å². The summed E-state index contributed by atoms with van der Waals surface area (Å²) >= 11 is 0. The van der Waals surface area contributed by atoms with E-state index in [1.807, 2.05) is 23.1 Å². The molecule has 1 saturated heterocycles. The summed E-state index contributed by atoms with van der Waals surface area (Å²) in [6.45, 7) is 3.06. The lowest BCUT2D eigenvalue weighted by atomic mass is 10.3. The summed E-state index contributed by atoms with van der Waals surface area (Å²) in [5.41, 5.74) is 0. The Bertz CT molecular complexity index is 347. The molecule has 0 atom stereocenters. The van der Waals surface area contributed by atoms with Gasteiger partial charge in [-0.3, -0.25) is 4.79 Å². The van der Waals surface area contributed by atoms with Crippen molar-refractivity contribution in [2.24, 2.45) is 0 Å². The first-order valence-electron chi connectivity index (χ1n) is 5.81. The number of rotatable bonds is 4. The molecule has 4 nitrogen and oxygen atoms in total. The fourth-order valence-electron chi connectivity index (χ4n) is 1.69. The van der Waals surface area contributed by atoms with Gasteiger partial charge in [0.05, 0.1) is 26.2 Å². The second-order valence-electron chi connectivity index (χ2n) is 3.82. The maximum atomic E-state index is 11.8. The molecule has 0 bridgehead atoms. The molecule has 1 radical (unpaired) electrons. The third-order valence-electron chi connectivity index (χ3n) is 2.62. The van der Waals surface area contributed by atoms with Crippen molar-refractivity contribution >= 4 is 5.91 Å². The Morgan fingerprint density at radius 1 is 1.41 bits per heavy atom. The normalized spacial score (nSPS) is 15.6. The number of carbonyl (C=O) groups excluding carboxylic acids is 1. The van der Waals surface area contributed by atoms with Crippen LogP contribution in [0.4, 0.5) is 0 Å². The van der Waals surface area contributed by atoms with Crippen molar-refractivity contribution < 1.29 is 14.3 Å². The van der Waals surface area contributed by atoms with Crippen molar-refractivity contribution in [1.82, 2.24) is 4.90 Å². The highest BCUT2D eigenvalue weighted by Crippen LogP contribution is 2.08. The van der Waals surface area contributed by atoms with Crippen LogP contribution in [0.3, 0.4) is 0 Å². The zero-order valence-corrected chi connectivity index (χ0v) is 9.72. The van der Waals surface area contributed by atoms with Crippen LogP contribution in [0, 0.1) is 6.07 Å². The van der Waals surface area contributed by atoms with E-state index >= 15 is 0 Å². The number of ether oxygens (including phenoxy) is 2. The molecule has 0 unspecified atom stereocenters. The highest BCUT2D eigenvalue weighted by molar-refractivity contribution is 5.76. The van der Waals surface area contributed by atoms with Gasteiger partial charge in [-0.1, -0.05) is 18.2 Å². The van der Waals surface area contributed by atoms with Crippen LogP contribution in [-0.4, -0.2) is 43.7 Å². The van der Waals surface area contributed by atoms with Crippen LogP contribution in [-0.2, 0) is 9.53 Å². The minimum atomic E-state index is 0.129. The Balaban J connectivity index is 1.69. The molecule has 0 N–H and O–H groups in total. The maximum absolute atomic E-state index is 11.8. The van der Waals surface area contributed by atoms with Gasteiger partial charge in [0.25, 0.3) is 0 Å². The molecule has 0 spiro atoms. The van der Waals surface area contributed by atoms with Crippen LogP contribution in [0.15, 0.2) is 24.3 Å². The molecule has 2 rings (SSSR count). The molecule has 0 aliphatic carbocycles. The molecule has 1 aromatic carbocycles. The van der Waals surface area contributed by atoms with Gasteiger partial charge in [-0.2, -0.15) is 0 Å². The lowest BCUT2D eigenvalue weighted by molar-refractivity contribution is -0.135. The Labute approximate surface area is 101 Å². The summed E-state index contributed by atoms with van der Waals surface area (Å²) in [7, 11) is 0. The number of morpholine rings is 1. The van der Waals surface area contributed by atoms with Crippen LogP contribution in [0.5, 0.6) is 5.75 Å². The van der Waals surface area contributed by atoms with E-state index < -0.39 is 0 Å². The van der Waals surface area contributed by atoms with Gasteiger partial charge in [-0.15, -0.1) is 0 Å². The van der Waals surface area contributed by atoms with E-state index in [1.54, 1.807) is 6.07 Å². The number of amides is 1. The zero-order valence-electron chi connectivity index (χ0n) is 9.72. The second kappa shape index (κ2) is 6.25. The summed E-state index contributed by atoms with van der Waals surface area (Å²) in [6, 6.07) is 10.3. The minimum Gasteiger partial charge on any atom is -0.492 e. The Morgan fingerprint density at radius 2 is 2.24 bits per heavy atom. The smallest absolute Gasteiger partial charge is 0.226 e. The molecular weight excluding hydrogens is 218 g/mol. The Kier molecular flexibility index (Phi) is 4.38. The van der Waals surface area contributed by atoms with Gasteiger partial charge in [-0.25, -0.2) is 0 Å². The number of hydrogen-bond acceptors (Lipinski definition) is 3. The largest absolute Gasteiger partial charge is 0.492 e. The first kappa shape index (κ1) is 11.9. The number of hydrogen-bond donors (Lipinski definition) is 0. The third-order valence-corrected chi connectivity index (χ3v) is 2.62. The van der Waals surface area contributed by atoms with E-state index in [1.165, 1.54) is 0 Å². The van der Waals surface area contributed by atoms with E-state index in [-0.39, 0.29) is 5.91 Å². The van der Waals surface area contributed by atoms with E-state index in [2.05, 4.69) is 6.07 Å². The average molecular weight is 234 g/mol. The third kappa shape index (κ3) is 3.75. The molecule has 1 fully saturated rings. The van der Waals surface area contributed by atoms with Gasteiger partial charge in [0.2, 0.25) is 5.91 Å². The Hall–Kier alpha value is -1.55. The summed E-state index contributed by atoms with van der Waals surface area (Å²) < 4.78 is 10.6. The van der Waals surface area contributed by atoms with Gasteiger partial charge in [0.1, 0.15) is 5.75 Å². The molecular formula is C13H16NO3. The predicted molar refractivity (Wildman–Crippen MR) is 62.8 cm³/mol. The fourth-order valence-corrected chi connectivity index (χ4v) is 1.69. The molecule has 17 heavy (non-hydrogen) atoms. The predicted octanol–water partition coefficient (Wildman–Crippen LogP) is 1.11. The molecule has 1 aliphatic heterocycles. The summed E-state index contributed by atoms with van der Waals surface area (Å²) in [5, 5.41) is 0. The number of benzene rings is 1. The van der Waals surface area contributed by atoms with Crippen molar-refractivity contribution in [1.29, 1.82) is 0 Å². The van der Waals surface area contributed by atoms with Crippen molar-refractivity contribution in [3.05, 3.63) is 30.3 Å². The quantitative estimate of drug-likeness (QED) is 0.783. The monoisotopic (exact) mass is 234 g/mol. The van der Waals surface area contributed by atoms with Crippen LogP contribution < -0.4 is 4.74 Å². The first-order chi connectivity index (χ1) is 8.36. The first-order valence-corrected chi connectivity index (χ1v) is 5.81. The van der Waals surface area contributed by atoms with Crippen molar-refractivity contribution in [2.45, 2.75) is 6.42 Å². The average Bonchev–Trinajstić information content (AvgIpc) is 2.41. The lowest BCUT2D eigenvalue weighted by Crippen LogP contribution is -2.41. The van der Waals surface area contributed by atoms with Crippen LogP contribution in [0.25, 0.3) is 0 Å². The van der Waals surface area contributed by atoms with Gasteiger partial charge < -0.3 is 14.4 Å². The minimum absolute atomic E-state index is 0.129. The molecule has 1 amide bonds. The Morgan fingerprint density at radius 3 is 2.94 bits per heavy atom. The van der Waals surface area contributed by atoms with E-state index in [9.17, 15) is 4.79 Å². The van der Waals surface area contributed by atoms with Crippen LogP contribution in [0.2, 0.25) is 0 Å². The topological polar surface area (TPSA) is 38.8 Å². The summed E-state index contributed by atoms with van der Waals surface area (Å²) in [5.74, 6) is 0.812. The van der Waals surface area contributed by atoms with E-state index in [4.69, 9.17) is 9.47 Å². The van der Waals surface area contributed by atoms with Gasteiger partial charge in [0, 0.05) is 19.2 Å². The van der Waals surface area contributed by atoms with Gasteiger partial charge in [-0.05, 0) is 6.07 Å². The standard InChI is InChI=1S/C13H16NO3/c15-13(14-7-10-16-11-8-14)6-9-17-12-4-2-1-3-5-12/h1-4H,6-11H2. The molecule has 1 aromatic rings. The van der Waals surface area contributed by atoms with E-state index in [0.29, 0.717) is 45.1 Å². The van der Waals surface area contributed by atoms with Crippen LogP contribution >= 0.6 is 0 Å². The number of nitrogens with zero attached hydrogens (tertiary/aromatic N) is 1.